The number of fused-ring (bicyclic) bond motifs is 5. The molecule has 0 amide bonds. The van der Waals surface area contributed by atoms with Crippen molar-refractivity contribution < 1.29 is 9.53 Å². The van der Waals surface area contributed by atoms with E-state index in [0.717, 1.165) is 25.4 Å². The smallest absolute Gasteiger partial charge is 0.156 e. The number of hydrogen-bond acceptors (Lipinski definition) is 2. The Labute approximate surface area is 197 Å². The summed E-state index contributed by atoms with van der Waals surface area (Å²) in [6, 6.07) is 0. The predicted octanol–water partition coefficient (Wildman–Crippen LogP) is 8.21. The minimum atomic E-state index is 0.0762. The lowest BCUT2D eigenvalue weighted by Gasteiger charge is -2.59. The summed E-state index contributed by atoms with van der Waals surface area (Å²) in [6.07, 6.45) is 20.4. The lowest BCUT2D eigenvalue weighted by atomic mass is 9.47. The second kappa shape index (κ2) is 9.40. The fraction of sp³-hybridized carbons (Fsp3) is 0.833. The summed E-state index contributed by atoms with van der Waals surface area (Å²) in [7, 11) is 0. The van der Waals surface area contributed by atoms with E-state index in [-0.39, 0.29) is 16.4 Å². The molecule has 0 radical (unpaired) electrons. The van der Waals surface area contributed by atoms with Crippen LogP contribution in [0.5, 0.6) is 0 Å². The van der Waals surface area contributed by atoms with E-state index in [1.807, 2.05) is 6.08 Å². The summed E-state index contributed by atoms with van der Waals surface area (Å²) >= 11 is 0. The van der Waals surface area contributed by atoms with E-state index in [2.05, 4.69) is 40.7 Å². The molecule has 2 heteroatoms. The van der Waals surface area contributed by atoms with Crippen LogP contribution in [-0.4, -0.2) is 18.0 Å². The third kappa shape index (κ3) is 3.87. The molecule has 0 spiro atoms. The Balaban J connectivity index is 1.64. The molecule has 2 nitrogen and oxygen atoms in total. The van der Waals surface area contributed by atoms with E-state index < -0.39 is 0 Å². The zero-order valence-corrected chi connectivity index (χ0v) is 21.6. The molecular formula is C30H48O2. The molecule has 180 valence electrons. The van der Waals surface area contributed by atoms with Crippen LogP contribution in [0.2, 0.25) is 0 Å². The second-order valence-electron chi connectivity index (χ2n) is 12.1. The number of ether oxygens (including phenoxy) is 1. The largest absolute Gasteiger partial charge is 0.374 e. The van der Waals surface area contributed by atoms with Gasteiger partial charge in [0.25, 0.3) is 0 Å². The van der Waals surface area contributed by atoms with E-state index in [4.69, 9.17) is 4.74 Å². The van der Waals surface area contributed by atoms with Crippen LogP contribution >= 0.6 is 0 Å². The molecule has 0 bridgehead atoms. The Bertz CT molecular complexity index is 763. The number of allylic oxidation sites excluding steroid dienone is 4. The van der Waals surface area contributed by atoms with Crippen LogP contribution < -0.4 is 0 Å². The van der Waals surface area contributed by atoms with Crippen LogP contribution in [0, 0.1) is 28.6 Å². The molecule has 2 fully saturated rings. The lowest BCUT2D eigenvalue weighted by Crippen LogP contribution is -2.55. The third-order valence-corrected chi connectivity index (χ3v) is 10.4. The maximum Gasteiger partial charge on any atom is 0.156 e. The van der Waals surface area contributed by atoms with Crippen LogP contribution in [0.1, 0.15) is 118 Å². The Morgan fingerprint density at radius 1 is 0.969 bits per heavy atom. The van der Waals surface area contributed by atoms with Gasteiger partial charge in [-0.15, -0.1) is 0 Å². The molecule has 0 unspecified atom stereocenters. The van der Waals surface area contributed by atoms with Crippen molar-refractivity contribution in [2.45, 2.75) is 124 Å². The van der Waals surface area contributed by atoms with Crippen LogP contribution in [-0.2, 0) is 9.53 Å². The summed E-state index contributed by atoms with van der Waals surface area (Å²) in [6.45, 7) is 12.9. The minimum absolute atomic E-state index is 0.0762. The average molecular weight is 441 g/mol. The van der Waals surface area contributed by atoms with Crippen molar-refractivity contribution in [3.05, 3.63) is 23.3 Å². The highest BCUT2D eigenvalue weighted by Crippen LogP contribution is 2.68. The summed E-state index contributed by atoms with van der Waals surface area (Å²) in [5, 5.41) is 0. The van der Waals surface area contributed by atoms with Gasteiger partial charge in [-0.05, 0) is 92.1 Å². The Morgan fingerprint density at radius 2 is 1.69 bits per heavy atom. The summed E-state index contributed by atoms with van der Waals surface area (Å²) in [4.78, 5) is 12.2. The highest BCUT2D eigenvalue weighted by Gasteiger charge is 2.64. The molecule has 0 aromatic rings. The highest BCUT2D eigenvalue weighted by molar-refractivity contribution is 5.92. The lowest BCUT2D eigenvalue weighted by molar-refractivity contribution is -0.156. The van der Waals surface area contributed by atoms with Gasteiger partial charge in [-0.1, -0.05) is 71.4 Å². The number of hydrogen-bond donors (Lipinski definition) is 0. The van der Waals surface area contributed by atoms with E-state index in [9.17, 15) is 4.79 Å². The van der Waals surface area contributed by atoms with Gasteiger partial charge in [-0.25, -0.2) is 0 Å². The first-order chi connectivity index (χ1) is 15.3. The quantitative estimate of drug-likeness (QED) is 0.338. The first-order valence-electron chi connectivity index (χ1n) is 13.9. The first-order valence-corrected chi connectivity index (χ1v) is 13.9. The van der Waals surface area contributed by atoms with Crippen molar-refractivity contribution >= 4 is 5.78 Å². The second-order valence-corrected chi connectivity index (χ2v) is 12.1. The molecule has 0 aromatic heterocycles. The van der Waals surface area contributed by atoms with Gasteiger partial charge in [0.1, 0.15) is 0 Å². The summed E-state index contributed by atoms with van der Waals surface area (Å²) < 4.78 is 6.99. The van der Waals surface area contributed by atoms with Gasteiger partial charge in [0, 0.05) is 13.0 Å². The van der Waals surface area contributed by atoms with Gasteiger partial charge in [0.15, 0.2) is 5.78 Å². The summed E-state index contributed by atoms with van der Waals surface area (Å²) in [5.41, 5.74) is 3.30. The SMILES string of the molecule is CCCCCO[C@]1(CCCCC)CC[C@H]2[C@@H]3C=C(C)C4=CC(=O)CC[C@]4(C)[C@H]3CC[C@@]21C. The normalized spacial score (nSPS) is 40.9. The van der Waals surface area contributed by atoms with Crippen molar-refractivity contribution in [2.75, 3.05) is 6.61 Å². The topological polar surface area (TPSA) is 26.3 Å². The Kier molecular flexibility index (Phi) is 7.12. The molecule has 32 heavy (non-hydrogen) atoms. The van der Waals surface area contributed by atoms with E-state index in [1.165, 1.54) is 81.8 Å². The average Bonchev–Trinajstić information content (AvgIpc) is 3.06. The van der Waals surface area contributed by atoms with Crippen molar-refractivity contribution in [1.29, 1.82) is 0 Å². The maximum atomic E-state index is 12.2. The molecule has 2 saturated carbocycles. The minimum Gasteiger partial charge on any atom is -0.374 e. The van der Waals surface area contributed by atoms with Gasteiger partial charge in [-0.3, -0.25) is 4.79 Å². The number of unbranched alkanes of at least 4 members (excludes halogenated alkanes) is 4. The van der Waals surface area contributed by atoms with Gasteiger partial charge < -0.3 is 4.74 Å². The molecule has 6 atom stereocenters. The van der Waals surface area contributed by atoms with Gasteiger partial charge in [0.2, 0.25) is 0 Å². The van der Waals surface area contributed by atoms with E-state index in [1.54, 1.807) is 0 Å². The van der Waals surface area contributed by atoms with Gasteiger partial charge >= 0.3 is 0 Å². The maximum absolute atomic E-state index is 12.2. The molecule has 4 aliphatic rings. The molecule has 0 saturated heterocycles. The van der Waals surface area contributed by atoms with E-state index in [0.29, 0.717) is 17.6 Å². The number of rotatable bonds is 9. The van der Waals surface area contributed by atoms with Crippen molar-refractivity contribution in [1.82, 2.24) is 0 Å². The standard InChI is InChI=1S/C30H48O2/c1-6-8-10-15-30(32-19-11-9-7-2)18-14-26-24-20-22(3)27-21-23(31)12-16-28(27,4)25(24)13-17-29(26,30)5/h20-21,24-26H,6-19H2,1-5H3/t24-,25+,26+,28-,29+,30-/m1/s1. The predicted molar refractivity (Wildman–Crippen MR) is 134 cm³/mol. The number of carbonyl (C=O) groups is 1. The van der Waals surface area contributed by atoms with Crippen LogP contribution in [0.4, 0.5) is 0 Å². The Morgan fingerprint density at radius 3 is 2.44 bits per heavy atom. The first kappa shape index (κ1) is 24.2. The highest BCUT2D eigenvalue weighted by atomic mass is 16.5. The van der Waals surface area contributed by atoms with Crippen molar-refractivity contribution in [3.8, 4) is 0 Å². The number of carbonyl (C=O) groups excluding carboxylic acids is 1. The molecule has 0 heterocycles. The molecule has 4 aliphatic carbocycles. The van der Waals surface area contributed by atoms with Gasteiger partial charge in [-0.2, -0.15) is 0 Å². The molecule has 0 aliphatic heterocycles. The monoisotopic (exact) mass is 440 g/mol. The Hall–Kier alpha value is -0.890. The fourth-order valence-corrected chi connectivity index (χ4v) is 8.51. The van der Waals surface area contributed by atoms with Crippen LogP contribution in [0.3, 0.4) is 0 Å². The van der Waals surface area contributed by atoms with Gasteiger partial charge in [0.05, 0.1) is 5.60 Å². The fourth-order valence-electron chi connectivity index (χ4n) is 8.51. The molecule has 4 rings (SSSR count). The number of ketones is 1. The molecule has 0 aromatic carbocycles. The zero-order chi connectivity index (χ0) is 23.0. The van der Waals surface area contributed by atoms with Crippen LogP contribution in [0.25, 0.3) is 0 Å². The molecule has 0 N–H and O–H groups in total. The zero-order valence-electron chi connectivity index (χ0n) is 21.6. The summed E-state index contributed by atoms with van der Waals surface area (Å²) in [5.74, 6) is 2.40. The molecular weight excluding hydrogens is 392 g/mol. The van der Waals surface area contributed by atoms with E-state index >= 15 is 0 Å². The van der Waals surface area contributed by atoms with Crippen LogP contribution in [0.15, 0.2) is 23.3 Å². The van der Waals surface area contributed by atoms with Crippen molar-refractivity contribution in [2.24, 2.45) is 28.6 Å². The third-order valence-electron chi connectivity index (χ3n) is 10.4. The van der Waals surface area contributed by atoms with Crippen molar-refractivity contribution in [3.63, 3.8) is 0 Å².